The van der Waals surface area contributed by atoms with Crippen LogP contribution in [0.5, 0.6) is 0 Å². The second-order valence-corrected chi connectivity index (χ2v) is 5.29. The molecule has 0 aliphatic rings. The Balaban J connectivity index is 5.00. The largest absolute Gasteiger partial charge is 0.297 e. The van der Waals surface area contributed by atoms with E-state index < -0.39 is 0 Å². The van der Waals surface area contributed by atoms with Gasteiger partial charge >= 0.3 is 0 Å². The van der Waals surface area contributed by atoms with E-state index in [1.807, 2.05) is 0 Å². The zero-order valence-electron chi connectivity index (χ0n) is 12.7. The summed E-state index contributed by atoms with van der Waals surface area (Å²) in [4.78, 5) is 2.53. The summed E-state index contributed by atoms with van der Waals surface area (Å²) in [5.41, 5.74) is 3.23. The molecule has 0 rings (SSSR count). The molecule has 17 heavy (non-hydrogen) atoms. The van der Waals surface area contributed by atoms with Crippen LogP contribution in [-0.4, -0.2) is 29.6 Å². The Morgan fingerprint density at radius 1 is 1.18 bits per heavy atom. The van der Waals surface area contributed by atoms with E-state index in [9.17, 15) is 0 Å². The summed E-state index contributed by atoms with van der Waals surface area (Å²) in [7, 11) is 0. The van der Waals surface area contributed by atoms with Gasteiger partial charge in [-0.25, -0.2) is 0 Å². The third-order valence-corrected chi connectivity index (χ3v) is 4.36. The average Bonchev–Trinajstić information content (AvgIpc) is 2.31. The van der Waals surface area contributed by atoms with Crippen LogP contribution in [0, 0.1) is 5.92 Å². The SMILES string of the molecule is CCCC(C)C(NN)C(C)(CC)N(CC)CC. The van der Waals surface area contributed by atoms with Crippen LogP contribution in [0.3, 0.4) is 0 Å². The quantitative estimate of drug-likeness (QED) is 0.483. The molecule has 0 saturated carbocycles. The van der Waals surface area contributed by atoms with Gasteiger partial charge in [-0.1, -0.05) is 41.0 Å². The van der Waals surface area contributed by atoms with Crippen LogP contribution in [-0.2, 0) is 0 Å². The van der Waals surface area contributed by atoms with E-state index in [0.717, 1.165) is 19.5 Å². The average molecular weight is 243 g/mol. The van der Waals surface area contributed by atoms with Crippen LogP contribution >= 0.6 is 0 Å². The summed E-state index contributed by atoms with van der Waals surface area (Å²) < 4.78 is 0. The van der Waals surface area contributed by atoms with Crippen LogP contribution in [0.2, 0.25) is 0 Å². The molecule has 0 aliphatic carbocycles. The molecule has 0 aromatic heterocycles. The van der Waals surface area contributed by atoms with Crippen molar-refractivity contribution in [2.24, 2.45) is 11.8 Å². The van der Waals surface area contributed by atoms with Gasteiger partial charge in [0.1, 0.15) is 0 Å². The maximum Gasteiger partial charge on any atom is 0.0417 e. The molecule has 3 nitrogen and oxygen atoms in total. The molecule has 0 fully saturated rings. The normalized spacial score (nSPS) is 19.1. The predicted molar refractivity (Wildman–Crippen MR) is 76.8 cm³/mol. The fourth-order valence-corrected chi connectivity index (χ4v) is 3.16. The summed E-state index contributed by atoms with van der Waals surface area (Å²) in [6.45, 7) is 15.8. The second-order valence-electron chi connectivity index (χ2n) is 5.29. The second kappa shape index (κ2) is 8.06. The van der Waals surface area contributed by atoms with Crippen molar-refractivity contribution in [3.05, 3.63) is 0 Å². The molecule has 0 saturated heterocycles. The lowest BCUT2D eigenvalue weighted by molar-refractivity contribution is 0.0469. The van der Waals surface area contributed by atoms with Gasteiger partial charge in [-0.15, -0.1) is 0 Å². The Kier molecular flexibility index (Phi) is 8.01. The van der Waals surface area contributed by atoms with Gasteiger partial charge in [0.25, 0.3) is 0 Å². The van der Waals surface area contributed by atoms with Crippen molar-refractivity contribution in [2.45, 2.75) is 72.4 Å². The first kappa shape index (κ1) is 16.9. The molecular formula is C14H33N3. The number of nitrogens with zero attached hydrogens (tertiary/aromatic N) is 1. The highest BCUT2D eigenvalue weighted by atomic mass is 15.3. The van der Waals surface area contributed by atoms with E-state index >= 15 is 0 Å². The first-order valence-electron chi connectivity index (χ1n) is 7.22. The van der Waals surface area contributed by atoms with Crippen LogP contribution in [0.4, 0.5) is 0 Å². The predicted octanol–water partition coefficient (Wildman–Crippen LogP) is 2.77. The van der Waals surface area contributed by atoms with Crippen molar-refractivity contribution >= 4 is 0 Å². The maximum atomic E-state index is 5.84. The van der Waals surface area contributed by atoms with Crippen molar-refractivity contribution in [3.63, 3.8) is 0 Å². The molecule has 0 spiro atoms. The molecule has 3 unspecified atom stereocenters. The standard InChI is InChI=1S/C14H33N3/c1-7-11-12(5)13(16-15)14(6,8-2)17(9-3)10-4/h12-13,16H,7-11,15H2,1-6H3. The first-order valence-corrected chi connectivity index (χ1v) is 7.22. The van der Waals surface area contributed by atoms with Crippen molar-refractivity contribution in [3.8, 4) is 0 Å². The maximum absolute atomic E-state index is 5.84. The third kappa shape index (κ3) is 3.94. The van der Waals surface area contributed by atoms with Gasteiger partial charge in [-0.3, -0.25) is 16.2 Å². The van der Waals surface area contributed by atoms with Gasteiger partial charge in [-0.2, -0.15) is 0 Å². The summed E-state index contributed by atoms with van der Waals surface area (Å²) in [6, 6.07) is 0.354. The van der Waals surface area contributed by atoms with E-state index in [4.69, 9.17) is 5.84 Å². The number of rotatable bonds is 9. The topological polar surface area (TPSA) is 41.3 Å². The summed E-state index contributed by atoms with van der Waals surface area (Å²) in [6.07, 6.45) is 3.57. The van der Waals surface area contributed by atoms with Crippen molar-refractivity contribution < 1.29 is 0 Å². The number of nitrogens with two attached hydrogens (primary N) is 1. The number of hydrogen-bond acceptors (Lipinski definition) is 3. The zero-order chi connectivity index (χ0) is 13.5. The number of hydrogen-bond donors (Lipinski definition) is 2. The lowest BCUT2D eigenvalue weighted by Crippen LogP contribution is -2.63. The van der Waals surface area contributed by atoms with E-state index in [1.54, 1.807) is 0 Å². The van der Waals surface area contributed by atoms with Crippen LogP contribution < -0.4 is 11.3 Å². The monoisotopic (exact) mass is 243 g/mol. The van der Waals surface area contributed by atoms with Gasteiger partial charge in [0.05, 0.1) is 0 Å². The molecule has 3 atom stereocenters. The van der Waals surface area contributed by atoms with Gasteiger partial charge in [0, 0.05) is 11.6 Å². The fourth-order valence-electron chi connectivity index (χ4n) is 3.16. The Morgan fingerprint density at radius 2 is 1.71 bits per heavy atom. The van der Waals surface area contributed by atoms with Gasteiger partial charge in [0.15, 0.2) is 0 Å². The van der Waals surface area contributed by atoms with Crippen LogP contribution in [0.1, 0.15) is 60.8 Å². The van der Waals surface area contributed by atoms with Gasteiger partial charge in [0.2, 0.25) is 0 Å². The molecule has 0 heterocycles. The van der Waals surface area contributed by atoms with E-state index in [1.165, 1.54) is 12.8 Å². The minimum Gasteiger partial charge on any atom is -0.297 e. The van der Waals surface area contributed by atoms with Crippen molar-refractivity contribution in [1.29, 1.82) is 0 Å². The van der Waals surface area contributed by atoms with Crippen LogP contribution in [0.25, 0.3) is 0 Å². The highest BCUT2D eigenvalue weighted by Gasteiger charge is 2.38. The van der Waals surface area contributed by atoms with Crippen LogP contribution in [0.15, 0.2) is 0 Å². The molecular weight excluding hydrogens is 210 g/mol. The molecule has 0 radical (unpaired) electrons. The number of likely N-dealkylation sites (N-methyl/N-ethyl adjacent to an activating group) is 1. The number of hydrazine groups is 1. The lowest BCUT2D eigenvalue weighted by Gasteiger charge is -2.47. The van der Waals surface area contributed by atoms with Gasteiger partial charge < -0.3 is 0 Å². The Bertz CT molecular complexity index is 192. The third-order valence-electron chi connectivity index (χ3n) is 4.36. The minimum absolute atomic E-state index is 0.146. The first-order chi connectivity index (χ1) is 8.01. The Labute approximate surface area is 108 Å². The fraction of sp³-hybridized carbons (Fsp3) is 1.00. The van der Waals surface area contributed by atoms with E-state index in [2.05, 4.69) is 51.9 Å². The Morgan fingerprint density at radius 3 is 2.00 bits per heavy atom. The van der Waals surface area contributed by atoms with Crippen molar-refractivity contribution in [1.82, 2.24) is 10.3 Å². The van der Waals surface area contributed by atoms with E-state index in [0.29, 0.717) is 12.0 Å². The summed E-state index contributed by atoms with van der Waals surface area (Å²) in [5.74, 6) is 6.44. The Hall–Kier alpha value is -0.120. The molecule has 0 aliphatic heterocycles. The smallest absolute Gasteiger partial charge is 0.0417 e. The molecule has 3 N–H and O–H groups in total. The molecule has 0 bridgehead atoms. The highest BCUT2D eigenvalue weighted by Crippen LogP contribution is 2.29. The zero-order valence-corrected chi connectivity index (χ0v) is 12.7. The molecule has 0 aromatic rings. The van der Waals surface area contributed by atoms with Gasteiger partial charge in [-0.05, 0) is 38.8 Å². The summed E-state index contributed by atoms with van der Waals surface area (Å²) in [5, 5.41) is 0. The summed E-state index contributed by atoms with van der Waals surface area (Å²) >= 11 is 0. The minimum atomic E-state index is 0.146. The van der Waals surface area contributed by atoms with E-state index in [-0.39, 0.29) is 5.54 Å². The molecule has 0 aromatic carbocycles. The van der Waals surface area contributed by atoms with Crippen molar-refractivity contribution in [2.75, 3.05) is 13.1 Å². The number of nitrogens with one attached hydrogen (secondary N) is 1. The molecule has 104 valence electrons. The highest BCUT2D eigenvalue weighted by molar-refractivity contribution is 4.97. The molecule has 3 heteroatoms. The lowest BCUT2D eigenvalue weighted by atomic mass is 9.79. The molecule has 0 amide bonds.